The van der Waals surface area contributed by atoms with Crippen LogP contribution in [-0.2, 0) is 6.42 Å². The van der Waals surface area contributed by atoms with Crippen LogP contribution in [0.25, 0.3) is 11.4 Å². The fourth-order valence-electron chi connectivity index (χ4n) is 3.71. The van der Waals surface area contributed by atoms with Crippen LogP contribution < -0.4 is 5.32 Å². The molecule has 8 heteroatoms. The van der Waals surface area contributed by atoms with Crippen LogP contribution in [-0.4, -0.2) is 71.7 Å². The van der Waals surface area contributed by atoms with Gasteiger partial charge in [0.2, 0.25) is 11.7 Å². The molecule has 1 aromatic carbocycles. The van der Waals surface area contributed by atoms with Crippen LogP contribution in [0.4, 0.5) is 0 Å². The van der Waals surface area contributed by atoms with Crippen LogP contribution in [0.1, 0.15) is 12.3 Å². The van der Waals surface area contributed by atoms with E-state index in [1.54, 1.807) is 0 Å². The molecular weight excluding hydrogens is 376 g/mol. The lowest BCUT2D eigenvalue weighted by molar-refractivity contribution is 0.259. The van der Waals surface area contributed by atoms with E-state index in [9.17, 15) is 0 Å². The molecule has 1 fully saturated rings. The summed E-state index contributed by atoms with van der Waals surface area (Å²) in [7, 11) is 1.83. The van der Waals surface area contributed by atoms with E-state index in [1.807, 2.05) is 31.3 Å². The molecule has 1 atom stereocenters. The zero-order chi connectivity index (χ0) is 19.3. The van der Waals surface area contributed by atoms with Crippen molar-refractivity contribution >= 4 is 17.6 Å². The molecule has 0 spiro atoms. The van der Waals surface area contributed by atoms with Crippen LogP contribution in [0.15, 0.2) is 45.9 Å². The highest BCUT2D eigenvalue weighted by atomic mass is 35.5. The minimum Gasteiger partial charge on any atom is -0.356 e. The molecule has 3 heterocycles. The van der Waals surface area contributed by atoms with E-state index in [0.29, 0.717) is 35.7 Å². The van der Waals surface area contributed by atoms with Gasteiger partial charge >= 0.3 is 0 Å². The Morgan fingerprint density at radius 3 is 2.82 bits per heavy atom. The van der Waals surface area contributed by atoms with Crippen molar-refractivity contribution in [3.8, 4) is 11.4 Å². The highest BCUT2D eigenvalue weighted by Crippen LogP contribution is 2.19. The quantitative estimate of drug-likeness (QED) is 0.472. The number of aromatic nitrogens is 2. The van der Waals surface area contributed by atoms with Gasteiger partial charge < -0.3 is 14.7 Å². The molecule has 4 rings (SSSR count). The Balaban J connectivity index is 1.27. The molecule has 7 nitrogen and oxygen atoms in total. The maximum Gasteiger partial charge on any atom is 0.228 e. The highest BCUT2D eigenvalue weighted by molar-refractivity contribution is 6.30. The Morgan fingerprint density at radius 1 is 1.29 bits per heavy atom. The summed E-state index contributed by atoms with van der Waals surface area (Å²) in [5, 5.41) is 8.17. The van der Waals surface area contributed by atoms with E-state index in [2.05, 4.69) is 42.4 Å². The number of nitrogens with zero attached hydrogens (tertiary/aromatic N) is 5. The number of guanidine groups is 1. The first-order chi connectivity index (χ1) is 13.7. The summed E-state index contributed by atoms with van der Waals surface area (Å²) in [4.78, 5) is 13.8. The molecule has 1 saturated heterocycles. The molecule has 1 N–H and O–H groups in total. The highest BCUT2D eigenvalue weighted by Gasteiger charge is 2.29. The lowest BCUT2D eigenvalue weighted by Gasteiger charge is -2.25. The summed E-state index contributed by atoms with van der Waals surface area (Å²) in [5.41, 5.74) is 0.891. The average molecular weight is 401 g/mol. The number of hydrogen-bond acceptors (Lipinski definition) is 5. The van der Waals surface area contributed by atoms with Gasteiger partial charge in [-0.3, -0.25) is 9.89 Å². The summed E-state index contributed by atoms with van der Waals surface area (Å²) < 4.78 is 5.37. The van der Waals surface area contributed by atoms with E-state index < -0.39 is 0 Å². The molecule has 2 aliphatic heterocycles. The van der Waals surface area contributed by atoms with Crippen molar-refractivity contribution < 1.29 is 4.52 Å². The minimum atomic E-state index is 0.581. The number of hydrogen-bond donors (Lipinski definition) is 1. The van der Waals surface area contributed by atoms with Crippen molar-refractivity contribution in [3.63, 3.8) is 0 Å². The molecule has 0 amide bonds. The molecule has 1 aromatic heterocycles. The van der Waals surface area contributed by atoms with E-state index in [4.69, 9.17) is 16.1 Å². The van der Waals surface area contributed by atoms with Gasteiger partial charge in [0.05, 0.1) is 0 Å². The standard InChI is InChI=1S/C20H25ClN6O/c1-22-20(27-13-9-17(14-27)26-11-2-3-12-26)23-10-8-18-24-19(25-28-18)15-4-6-16(21)7-5-15/h2-7,17H,8-14H2,1H3,(H,22,23). The molecule has 0 aliphatic carbocycles. The van der Waals surface area contributed by atoms with Crippen molar-refractivity contribution in [2.75, 3.05) is 39.8 Å². The van der Waals surface area contributed by atoms with Gasteiger partial charge in [-0.15, -0.1) is 0 Å². The van der Waals surface area contributed by atoms with Crippen molar-refractivity contribution in [1.82, 2.24) is 25.3 Å². The second-order valence-corrected chi connectivity index (χ2v) is 7.49. The van der Waals surface area contributed by atoms with E-state index in [0.717, 1.165) is 37.7 Å². The van der Waals surface area contributed by atoms with Gasteiger partial charge in [-0.2, -0.15) is 4.98 Å². The Hall–Kier alpha value is -2.38. The van der Waals surface area contributed by atoms with Crippen molar-refractivity contribution in [2.45, 2.75) is 18.9 Å². The summed E-state index contributed by atoms with van der Waals surface area (Å²) in [6, 6.07) is 8.01. The van der Waals surface area contributed by atoms with Crippen LogP contribution in [0.5, 0.6) is 0 Å². The van der Waals surface area contributed by atoms with E-state index in [-0.39, 0.29) is 0 Å². The largest absolute Gasteiger partial charge is 0.356 e. The van der Waals surface area contributed by atoms with Gasteiger partial charge in [-0.25, -0.2) is 0 Å². The Morgan fingerprint density at radius 2 is 2.07 bits per heavy atom. The first-order valence-corrected chi connectivity index (χ1v) is 10.0. The fourth-order valence-corrected chi connectivity index (χ4v) is 3.84. The Labute approximate surface area is 170 Å². The molecule has 148 valence electrons. The number of likely N-dealkylation sites (tertiary alicyclic amines) is 1. The smallest absolute Gasteiger partial charge is 0.228 e. The Kier molecular flexibility index (Phi) is 5.92. The fraction of sp³-hybridized carbons (Fsp3) is 0.450. The molecule has 0 saturated carbocycles. The zero-order valence-electron chi connectivity index (χ0n) is 16.0. The number of halogens is 1. The number of rotatable bonds is 5. The maximum atomic E-state index is 5.92. The van der Waals surface area contributed by atoms with Gasteiger partial charge in [0.25, 0.3) is 0 Å². The molecule has 0 radical (unpaired) electrons. The van der Waals surface area contributed by atoms with Gasteiger partial charge in [-0.1, -0.05) is 28.9 Å². The second-order valence-electron chi connectivity index (χ2n) is 7.06. The SMILES string of the molecule is CN=C(NCCc1nc(-c2ccc(Cl)cc2)no1)N1CCC(N2CC=CC2)C1. The van der Waals surface area contributed by atoms with Crippen molar-refractivity contribution in [3.05, 3.63) is 47.3 Å². The van der Waals surface area contributed by atoms with E-state index in [1.165, 1.54) is 6.42 Å². The molecule has 2 aromatic rings. The zero-order valence-corrected chi connectivity index (χ0v) is 16.8. The average Bonchev–Trinajstić information content (AvgIpc) is 3.47. The van der Waals surface area contributed by atoms with Crippen LogP contribution in [0.3, 0.4) is 0 Å². The lowest BCUT2D eigenvalue weighted by atomic mass is 10.2. The van der Waals surface area contributed by atoms with Gasteiger partial charge in [0.15, 0.2) is 5.96 Å². The molecule has 2 aliphatic rings. The van der Waals surface area contributed by atoms with Crippen LogP contribution in [0, 0.1) is 0 Å². The monoisotopic (exact) mass is 400 g/mol. The predicted octanol–water partition coefficient (Wildman–Crippen LogP) is 2.45. The van der Waals surface area contributed by atoms with Gasteiger partial charge in [0, 0.05) is 62.8 Å². The molecule has 28 heavy (non-hydrogen) atoms. The number of benzene rings is 1. The maximum absolute atomic E-state index is 5.92. The first kappa shape index (κ1) is 19.0. The predicted molar refractivity (Wildman–Crippen MR) is 111 cm³/mol. The minimum absolute atomic E-state index is 0.581. The second kappa shape index (κ2) is 8.75. The molecular formula is C20H25ClN6O. The van der Waals surface area contributed by atoms with Crippen molar-refractivity contribution in [1.29, 1.82) is 0 Å². The van der Waals surface area contributed by atoms with Gasteiger partial charge in [0.1, 0.15) is 0 Å². The lowest BCUT2D eigenvalue weighted by Crippen LogP contribution is -2.43. The van der Waals surface area contributed by atoms with E-state index >= 15 is 0 Å². The molecule has 1 unspecified atom stereocenters. The third-order valence-corrected chi connectivity index (χ3v) is 5.48. The van der Waals surface area contributed by atoms with Crippen molar-refractivity contribution in [2.24, 2.45) is 4.99 Å². The summed E-state index contributed by atoms with van der Waals surface area (Å²) >= 11 is 5.92. The summed E-state index contributed by atoms with van der Waals surface area (Å²) in [5.74, 6) is 2.13. The Bertz CT molecular complexity index is 839. The summed E-state index contributed by atoms with van der Waals surface area (Å²) in [6.07, 6.45) is 6.32. The first-order valence-electron chi connectivity index (χ1n) is 9.66. The summed E-state index contributed by atoms with van der Waals surface area (Å²) in [6.45, 7) is 4.88. The molecule has 0 bridgehead atoms. The van der Waals surface area contributed by atoms with Crippen LogP contribution in [0.2, 0.25) is 5.02 Å². The number of nitrogens with one attached hydrogen (secondary N) is 1. The number of aliphatic imine (C=N–C) groups is 1. The normalized spacial score (nSPS) is 20.3. The third kappa shape index (κ3) is 4.36. The topological polar surface area (TPSA) is 69.8 Å². The van der Waals surface area contributed by atoms with Gasteiger partial charge in [-0.05, 0) is 30.7 Å². The third-order valence-electron chi connectivity index (χ3n) is 5.23. The van der Waals surface area contributed by atoms with Crippen LogP contribution >= 0.6 is 11.6 Å².